The summed E-state index contributed by atoms with van der Waals surface area (Å²) in [5.41, 5.74) is 7.24. The molecule has 1 aliphatic heterocycles. The van der Waals surface area contributed by atoms with E-state index in [1.165, 1.54) is 11.8 Å². The number of nitrogens with two attached hydrogens (primary N) is 1. The maximum Gasteiger partial charge on any atom is 0.341 e. The Morgan fingerprint density at radius 1 is 1.25 bits per heavy atom. The van der Waals surface area contributed by atoms with Gasteiger partial charge in [0.1, 0.15) is 5.56 Å². The summed E-state index contributed by atoms with van der Waals surface area (Å²) in [6.45, 7) is 1.30. The number of aromatic nitrogens is 1. The Morgan fingerprint density at radius 2 is 2.04 bits per heavy atom. The van der Waals surface area contributed by atoms with Crippen molar-refractivity contribution in [1.29, 1.82) is 0 Å². The van der Waals surface area contributed by atoms with Gasteiger partial charge in [0.25, 0.3) is 0 Å². The maximum atomic E-state index is 15.7. The van der Waals surface area contributed by atoms with Crippen LogP contribution in [0, 0.1) is 11.7 Å². The van der Waals surface area contributed by atoms with E-state index in [2.05, 4.69) is 6.08 Å². The Hall–Kier alpha value is -2.67. The van der Waals surface area contributed by atoms with Crippen molar-refractivity contribution in [3.8, 4) is 0 Å². The Bertz CT molecular complexity index is 1090. The van der Waals surface area contributed by atoms with E-state index in [-0.39, 0.29) is 34.5 Å². The summed E-state index contributed by atoms with van der Waals surface area (Å²) in [4.78, 5) is 26.1. The lowest BCUT2D eigenvalue weighted by Gasteiger charge is -2.24. The van der Waals surface area contributed by atoms with Gasteiger partial charge in [-0.1, -0.05) is 6.08 Å². The number of hydrogen-bond donors (Lipinski definition) is 2. The molecule has 1 aromatic carbocycles. The average Bonchev–Trinajstić information content (AvgIpc) is 3.41. The number of aromatic carboxylic acids is 1. The van der Waals surface area contributed by atoms with Crippen molar-refractivity contribution < 1.29 is 14.3 Å². The van der Waals surface area contributed by atoms with Crippen LogP contribution in [0.2, 0.25) is 0 Å². The molecule has 6 nitrogen and oxygen atoms in total. The smallest absolute Gasteiger partial charge is 0.341 e. The van der Waals surface area contributed by atoms with E-state index in [0.29, 0.717) is 18.8 Å². The zero-order valence-electron chi connectivity index (χ0n) is 15.4. The number of carbonyl (C=O) groups is 1. The van der Waals surface area contributed by atoms with Crippen molar-refractivity contribution in [2.45, 2.75) is 37.8 Å². The summed E-state index contributed by atoms with van der Waals surface area (Å²) in [5.74, 6) is -1.49. The Balaban J connectivity index is 1.66. The highest BCUT2D eigenvalue weighted by Crippen LogP contribution is 2.40. The predicted molar refractivity (Wildman–Crippen MR) is 104 cm³/mol. The molecule has 0 bridgehead atoms. The molecule has 146 valence electrons. The van der Waals surface area contributed by atoms with Crippen LogP contribution in [0.4, 0.5) is 10.1 Å². The van der Waals surface area contributed by atoms with Gasteiger partial charge in [-0.3, -0.25) is 4.79 Å². The van der Waals surface area contributed by atoms with E-state index >= 15 is 4.39 Å². The fraction of sp³-hybridized carbons (Fsp3) is 0.429. The van der Waals surface area contributed by atoms with Gasteiger partial charge in [0.2, 0.25) is 5.43 Å². The molecule has 28 heavy (non-hydrogen) atoms. The molecule has 2 fully saturated rings. The first kappa shape index (κ1) is 17.4. The highest BCUT2D eigenvalue weighted by molar-refractivity contribution is 5.94. The van der Waals surface area contributed by atoms with Gasteiger partial charge in [0, 0.05) is 42.7 Å². The standard InChI is InChI=1S/C21H22FN3O3/c22-18-17(24-8-11-2-1-3-16(23)14(11)9-24)7-6-13-19(18)25(12-4-5-12)10-15(20(13)26)21(27)28/h2,6-7,10,12,14,16H,1,3-5,8-9,23H2,(H,27,28)/t14-,16+/m1/s1. The van der Waals surface area contributed by atoms with Gasteiger partial charge >= 0.3 is 5.97 Å². The maximum absolute atomic E-state index is 15.7. The first-order valence-corrected chi connectivity index (χ1v) is 9.76. The third-order valence-electron chi connectivity index (χ3n) is 6.31. The molecule has 1 aromatic heterocycles. The fourth-order valence-electron chi connectivity index (χ4n) is 4.66. The average molecular weight is 383 g/mol. The van der Waals surface area contributed by atoms with Crippen molar-refractivity contribution >= 4 is 22.6 Å². The molecule has 1 saturated heterocycles. The third-order valence-corrected chi connectivity index (χ3v) is 6.31. The number of anilines is 1. The van der Waals surface area contributed by atoms with Crippen molar-refractivity contribution in [2.75, 3.05) is 18.0 Å². The largest absolute Gasteiger partial charge is 0.477 e. The van der Waals surface area contributed by atoms with Crippen LogP contribution in [0.25, 0.3) is 10.9 Å². The number of hydrogen-bond acceptors (Lipinski definition) is 4. The zero-order chi connectivity index (χ0) is 19.6. The second-order valence-electron chi connectivity index (χ2n) is 8.12. The number of allylic oxidation sites excluding steroid dienone is 1. The molecule has 1 saturated carbocycles. The lowest BCUT2D eigenvalue weighted by Crippen LogP contribution is -2.34. The van der Waals surface area contributed by atoms with E-state index < -0.39 is 17.2 Å². The number of pyridine rings is 1. The lowest BCUT2D eigenvalue weighted by atomic mass is 9.86. The van der Waals surface area contributed by atoms with Crippen molar-refractivity contribution in [3.05, 3.63) is 51.6 Å². The number of fused-ring (bicyclic) bond motifs is 2. The van der Waals surface area contributed by atoms with Gasteiger partial charge in [0.15, 0.2) is 5.82 Å². The summed E-state index contributed by atoms with van der Waals surface area (Å²) in [7, 11) is 0. The van der Waals surface area contributed by atoms with E-state index in [0.717, 1.165) is 25.7 Å². The van der Waals surface area contributed by atoms with Crippen LogP contribution in [0.3, 0.4) is 0 Å². The van der Waals surface area contributed by atoms with Crippen LogP contribution in [-0.2, 0) is 0 Å². The van der Waals surface area contributed by atoms with E-state index in [1.54, 1.807) is 16.7 Å². The van der Waals surface area contributed by atoms with Crippen LogP contribution in [-0.4, -0.2) is 34.8 Å². The summed E-state index contributed by atoms with van der Waals surface area (Å²) in [6, 6.07) is 3.31. The minimum Gasteiger partial charge on any atom is -0.477 e. The number of halogens is 1. The third kappa shape index (κ3) is 2.57. The number of carboxylic acid groups (broad SMARTS) is 1. The molecule has 2 atom stereocenters. The molecule has 3 N–H and O–H groups in total. The Labute approximate surface area is 161 Å². The van der Waals surface area contributed by atoms with Crippen LogP contribution < -0.4 is 16.1 Å². The second-order valence-corrected chi connectivity index (χ2v) is 8.12. The molecule has 0 radical (unpaired) electrons. The fourth-order valence-corrected chi connectivity index (χ4v) is 4.66. The number of rotatable bonds is 3. The molecule has 0 unspecified atom stereocenters. The Morgan fingerprint density at radius 3 is 2.71 bits per heavy atom. The van der Waals surface area contributed by atoms with Crippen molar-refractivity contribution in [1.82, 2.24) is 4.57 Å². The first-order chi connectivity index (χ1) is 13.5. The summed E-state index contributed by atoms with van der Waals surface area (Å²) in [5, 5.41) is 9.48. The molecular weight excluding hydrogens is 361 g/mol. The SMILES string of the molecule is N[C@H]1CCC=C2CN(c3ccc4c(=O)c(C(=O)O)cn(C5CC5)c4c3F)C[C@H]21. The van der Waals surface area contributed by atoms with Crippen LogP contribution >= 0.6 is 0 Å². The number of nitrogens with zero attached hydrogens (tertiary/aromatic N) is 2. The van der Waals surface area contributed by atoms with Crippen LogP contribution in [0.1, 0.15) is 42.1 Å². The van der Waals surface area contributed by atoms with Crippen LogP contribution in [0.15, 0.2) is 34.8 Å². The molecule has 2 heterocycles. The van der Waals surface area contributed by atoms with Gasteiger partial charge < -0.3 is 20.3 Å². The summed E-state index contributed by atoms with van der Waals surface area (Å²) >= 11 is 0. The monoisotopic (exact) mass is 383 g/mol. The van der Waals surface area contributed by atoms with Gasteiger partial charge in [-0.2, -0.15) is 0 Å². The molecule has 0 spiro atoms. The molecule has 0 amide bonds. The lowest BCUT2D eigenvalue weighted by molar-refractivity contribution is 0.0695. The van der Waals surface area contributed by atoms with Crippen LogP contribution in [0.5, 0.6) is 0 Å². The molecule has 7 heteroatoms. The zero-order valence-corrected chi connectivity index (χ0v) is 15.4. The molecule has 2 aromatic rings. The first-order valence-electron chi connectivity index (χ1n) is 9.76. The predicted octanol–water partition coefficient (Wildman–Crippen LogP) is 2.66. The van der Waals surface area contributed by atoms with Gasteiger partial charge in [-0.25, -0.2) is 9.18 Å². The van der Waals surface area contributed by atoms with Crippen molar-refractivity contribution in [3.63, 3.8) is 0 Å². The van der Waals surface area contributed by atoms with E-state index in [9.17, 15) is 14.7 Å². The molecule has 3 aliphatic rings. The molecule has 2 aliphatic carbocycles. The second kappa shape index (κ2) is 6.17. The highest BCUT2D eigenvalue weighted by Gasteiger charge is 2.36. The van der Waals surface area contributed by atoms with Gasteiger partial charge in [-0.05, 0) is 43.4 Å². The van der Waals surface area contributed by atoms with E-state index in [4.69, 9.17) is 5.73 Å². The molecular formula is C21H22FN3O3. The Kier molecular flexibility index (Phi) is 3.84. The van der Waals surface area contributed by atoms with Crippen molar-refractivity contribution in [2.24, 2.45) is 11.7 Å². The highest BCUT2D eigenvalue weighted by atomic mass is 19.1. The number of carboxylic acids is 1. The normalized spacial score (nSPS) is 24.4. The van der Waals surface area contributed by atoms with Gasteiger partial charge in [-0.15, -0.1) is 0 Å². The minimum absolute atomic E-state index is 0.0447. The van der Waals surface area contributed by atoms with E-state index in [1.807, 2.05) is 4.90 Å². The summed E-state index contributed by atoms with van der Waals surface area (Å²) in [6.07, 6.45) is 7.13. The number of benzene rings is 1. The minimum atomic E-state index is -1.28. The molecule has 5 rings (SSSR count). The van der Waals surface area contributed by atoms with Gasteiger partial charge in [0.05, 0.1) is 11.2 Å². The topological polar surface area (TPSA) is 88.6 Å². The quantitative estimate of drug-likeness (QED) is 0.796. The summed E-state index contributed by atoms with van der Waals surface area (Å²) < 4.78 is 17.3.